The fourth-order valence-corrected chi connectivity index (χ4v) is 4.74. The zero-order valence-corrected chi connectivity index (χ0v) is 24.6. The molecule has 0 fully saturated rings. The molecule has 0 saturated carbocycles. The molecule has 0 N–H and O–H groups in total. The molecule has 6 heteroatoms. The van der Waals surface area contributed by atoms with Gasteiger partial charge in [0.2, 0.25) is 0 Å². The summed E-state index contributed by atoms with van der Waals surface area (Å²) in [6, 6.07) is 20.6. The Morgan fingerprint density at radius 3 is 2.20 bits per heavy atom. The van der Waals surface area contributed by atoms with Crippen LogP contribution in [0.2, 0.25) is 0 Å². The summed E-state index contributed by atoms with van der Waals surface area (Å²) in [4.78, 5) is 28.0. The molecule has 216 valence electrons. The molecule has 0 spiro atoms. The molecule has 3 aromatic rings. The van der Waals surface area contributed by atoms with Crippen molar-refractivity contribution < 1.29 is 23.8 Å². The van der Waals surface area contributed by atoms with Gasteiger partial charge in [0.25, 0.3) is 5.91 Å². The number of nitrogens with zero attached hydrogens (tertiary/aromatic N) is 1. The first-order chi connectivity index (χ1) is 19.5. The lowest BCUT2D eigenvalue weighted by Gasteiger charge is -2.32. The van der Waals surface area contributed by atoms with Crippen molar-refractivity contribution in [2.75, 3.05) is 20.3 Å². The van der Waals surface area contributed by atoms with Gasteiger partial charge in [0, 0.05) is 12.6 Å². The number of rotatable bonds is 16. The number of carbonyl (C=O) groups is 2. The highest BCUT2D eigenvalue weighted by Crippen LogP contribution is 2.29. The lowest BCUT2D eigenvalue weighted by atomic mass is 9.99. The summed E-state index contributed by atoms with van der Waals surface area (Å²) < 4.78 is 17.1. The van der Waals surface area contributed by atoms with Crippen molar-refractivity contribution >= 4 is 22.8 Å². The van der Waals surface area contributed by atoms with E-state index in [2.05, 4.69) is 13.8 Å². The molecule has 2 atom stereocenters. The number of benzene rings is 3. The summed E-state index contributed by atoms with van der Waals surface area (Å²) in [6.45, 7) is 7.23. The van der Waals surface area contributed by atoms with Gasteiger partial charge in [-0.25, -0.2) is 4.79 Å². The van der Waals surface area contributed by atoms with Gasteiger partial charge in [0.15, 0.2) is 6.10 Å². The highest BCUT2D eigenvalue weighted by molar-refractivity contribution is 6.07. The van der Waals surface area contributed by atoms with Crippen LogP contribution in [0.5, 0.6) is 5.75 Å². The summed E-state index contributed by atoms with van der Waals surface area (Å²) in [5.41, 5.74) is 1.39. The van der Waals surface area contributed by atoms with E-state index in [0.29, 0.717) is 18.8 Å². The Hall–Kier alpha value is -3.54. The minimum Gasteiger partial charge on any atom is -0.494 e. The third-order valence-corrected chi connectivity index (χ3v) is 7.29. The third-order valence-electron chi connectivity index (χ3n) is 7.29. The van der Waals surface area contributed by atoms with Crippen LogP contribution < -0.4 is 4.74 Å². The smallest absolute Gasteiger partial charge is 0.494 e. The van der Waals surface area contributed by atoms with Gasteiger partial charge in [-0.05, 0) is 60.4 Å². The van der Waals surface area contributed by atoms with Gasteiger partial charge in [0.05, 0.1) is 19.3 Å². The average molecular weight is 548 g/mol. The second kappa shape index (κ2) is 16.5. The van der Waals surface area contributed by atoms with E-state index in [1.807, 2.05) is 73.7 Å². The van der Waals surface area contributed by atoms with Crippen molar-refractivity contribution in [2.45, 2.75) is 84.3 Å². The summed E-state index contributed by atoms with van der Waals surface area (Å²) >= 11 is 0. The number of amides is 1. The van der Waals surface area contributed by atoms with Crippen LogP contribution in [-0.2, 0) is 9.47 Å². The first-order valence-corrected chi connectivity index (χ1v) is 14.8. The van der Waals surface area contributed by atoms with E-state index < -0.39 is 18.3 Å². The highest BCUT2D eigenvalue weighted by atomic mass is 16.7. The second-order valence-electron chi connectivity index (χ2n) is 10.4. The maximum Gasteiger partial charge on any atom is 0.508 e. The van der Waals surface area contributed by atoms with E-state index in [1.54, 1.807) is 11.9 Å². The standard InChI is InChI=1S/C34H45NO5/c1-5-7-9-14-23-38-29-21-22-30-28(25-29)19-16-20-31(30)33(36)35(4)26(3)32(27-17-12-11-13-18-27)40-34(37)39-24-15-10-8-6-2/h11-13,16-22,25-26,32H,5-10,14-15,23-24H2,1-4H3/t26-,32-/m0/s1. The molecule has 6 nitrogen and oxygen atoms in total. The summed E-state index contributed by atoms with van der Waals surface area (Å²) in [6.07, 6.45) is 7.25. The van der Waals surface area contributed by atoms with Crippen LogP contribution in [-0.4, -0.2) is 43.3 Å². The summed E-state index contributed by atoms with van der Waals surface area (Å²) in [5, 5.41) is 1.80. The average Bonchev–Trinajstić information content (AvgIpc) is 2.98. The molecule has 0 saturated heterocycles. The molecule has 0 radical (unpaired) electrons. The van der Waals surface area contributed by atoms with Crippen molar-refractivity contribution in [1.29, 1.82) is 0 Å². The molecule has 0 bridgehead atoms. The predicted octanol–water partition coefficient (Wildman–Crippen LogP) is 8.73. The number of carbonyl (C=O) groups excluding carboxylic acids is 2. The molecule has 3 aromatic carbocycles. The Labute approximate surface area is 239 Å². The molecule has 0 unspecified atom stereocenters. The Balaban J connectivity index is 1.73. The van der Waals surface area contributed by atoms with Crippen molar-refractivity contribution in [3.63, 3.8) is 0 Å². The Morgan fingerprint density at radius 2 is 1.50 bits per heavy atom. The predicted molar refractivity (Wildman–Crippen MR) is 161 cm³/mol. The van der Waals surface area contributed by atoms with Crippen LogP contribution >= 0.6 is 0 Å². The summed E-state index contributed by atoms with van der Waals surface area (Å²) in [7, 11) is 1.75. The van der Waals surface area contributed by atoms with Gasteiger partial charge in [-0.15, -0.1) is 0 Å². The van der Waals surface area contributed by atoms with Crippen LogP contribution in [0.1, 0.15) is 94.2 Å². The van der Waals surface area contributed by atoms with Gasteiger partial charge >= 0.3 is 6.16 Å². The van der Waals surface area contributed by atoms with E-state index >= 15 is 0 Å². The first-order valence-electron chi connectivity index (χ1n) is 14.8. The Bertz CT molecular complexity index is 1200. The van der Waals surface area contributed by atoms with Crippen molar-refractivity contribution in [3.8, 4) is 5.75 Å². The van der Waals surface area contributed by atoms with Crippen molar-refractivity contribution in [1.82, 2.24) is 4.90 Å². The lowest BCUT2D eigenvalue weighted by molar-refractivity contribution is -0.00634. The Kier molecular flexibility index (Phi) is 12.8. The summed E-state index contributed by atoms with van der Waals surface area (Å²) in [5.74, 6) is 0.657. The quantitative estimate of drug-likeness (QED) is 0.132. The fraction of sp³-hybridized carbons (Fsp3) is 0.471. The largest absolute Gasteiger partial charge is 0.508 e. The molecule has 40 heavy (non-hydrogen) atoms. The molecule has 0 aliphatic heterocycles. The molecule has 0 aliphatic carbocycles. The van der Waals surface area contributed by atoms with Crippen LogP contribution in [0.15, 0.2) is 66.7 Å². The molecule has 1 amide bonds. The topological polar surface area (TPSA) is 65.1 Å². The maximum absolute atomic E-state index is 13.8. The molecular formula is C34H45NO5. The van der Waals surface area contributed by atoms with Crippen LogP contribution in [0, 0.1) is 0 Å². The van der Waals surface area contributed by atoms with Crippen LogP contribution in [0.4, 0.5) is 4.79 Å². The van der Waals surface area contributed by atoms with Gasteiger partial charge in [0.1, 0.15) is 5.75 Å². The normalized spacial score (nSPS) is 12.5. The number of likely N-dealkylation sites (N-methyl/N-ethyl adjacent to an activating group) is 1. The zero-order chi connectivity index (χ0) is 28.7. The molecule has 0 aromatic heterocycles. The monoisotopic (exact) mass is 547 g/mol. The maximum atomic E-state index is 13.8. The Morgan fingerprint density at radius 1 is 0.800 bits per heavy atom. The molecule has 0 heterocycles. The molecule has 0 aliphatic rings. The van der Waals surface area contributed by atoms with E-state index in [9.17, 15) is 9.59 Å². The highest BCUT2D eigenvalue weighted by Gasteiger charge is 2.30. The number of fused-ring (bicyclic) bond motifs is 1. The number of hydrogen-bond acceptors (Lipinski definition) is 5. The second-order valence-corrected chi connectivity index (χ2v) is 10.4. The number of ether oxygens (including phenoxy) is 3. The van der Waals surface area contributed by atoms with Crippen LogP contribution in [0.25, 0.3) is 10.8 Å². The minimum atomic E-state index is -0.717. The van der Waals surface area contributed by atoms with Gasteiger partial charge in [-0.1, -0.05) is 94.8 Å². The lowest BCUT2D eigenvalue weighted by Crippen LogP contribution is -2.40. The molecular weight excluding hydrogens is 502 g/mol. The van der Waals surface area contributed by atoms with E-state index in [0.717, 1.165) is 60.6 Å². The first kappa shape index (κ1) is 31.0. The van der Waals surface area contributed by atoms with Crippen LogP contribution in [0.3, 0.4) is 0 Å². The number of hydrogen-bond donors (Lipinski definition) is 0. The van der Waals surface area contributed by atoms with Crippen molar-refractivity contribution in [2.24, 2.45) is 0 Å². The van der Waals surface area contributed by atoms with E-state index in [1.165, 1.54) is 12.8 Å². The third kappa shape index (κ3) is 9.00. The zero-order valence-electron chi connectivity index (χ0n) is 24.6. The molecule has 3 rings (SSSR count). The minimum absolute atomic E-state index is 0.149. The van der Waals surface area contributed by atoms with E-state index in [-0.39, 0.29) is 5.91 Å². The van der Waals surface area contributed by atoms with Gasteiger partial charge in [-0.3, -0.25) is 4.79 Å². The SMILES string of the molecule is CCCCCCOC(=O)O[C@H](c1ccccc1)[C@H](C)N(C)C(=O)c1cccc2cc(OCCCCCC)ccc12. The number of unbranched alkanes of at least 4 members (excludes halogenated alkanes) is 6. The van der Waals surface area contributed by atoms with Gasteiger partial charge in [-0.2, -0.15) is 0 Å². The fourth-order valence-electron chi connectivity index (χ4n) is 4.74. The van der Waals surface area contributed by atoms with Crippen molar-refractivity contribution in [3.05, 3.63) is 77.9 Å². The van der Waals surface area contributed by atoms with E-state index in [4.69, 9.17) is 14.2 Å². The van der Waals surface area contributed by atoms with Gasteiger partial charge < -0.3 is 19.1 Å².